The molecule has 1 aliphatic rings. The summed E-state index contributed by atoms with van der Waals surface area (Å²) in [5, 5.41) is 0. The molecule has 18 heavy (non-hydrogen) atoms. The highest BCUT2D eigenvalue weighted by molar-refractivity contribution is 5.65. The summed E-state index contributed by atoms with van der Waals surface area (Å²) in [6.07, 6.45) is 6.48. The van der Waals surface area contributed by atoms with E-state index in [1.54, 1.807) is 6.20 Å². The van der Waals surface area contributed by atoms with Crippen molar-refractivity contribution in [1.82, 2.24) is 0 Å². The normalized spacial score (nSPS) is 13.3. The molecule has 3 rings (SSSR count). The van der Waals surface area contributed by atoms with Crippen molar-refractivity contribution in [2.24, 2.45) is 4.99 Å². The smallest absolute Gasteiger partial charge is 0.134 e. The molecule has 2 nitrogen and oxygen atoms in total. The van der Waals surface area contributed by atoms with Gasteiger partial charge >= 0.3 is 0 Å². The number of nitrogens with zero attached hydrogens (tertiary/aromatic N) is 1. The van der Waals surface area contributed by atoms with Gasteiger partial charge in [0.15, 0.2) is 0 Å². The van der Waals surface area contributed by atoms with Crippen LogP contribution in [0.15, 0.2) is 59.7 Å². The fraction of sp³-hybridized carbons (Fsp3) is 0.0625. The second kappa shape index (κ2) is 4.88. The Labute approximate surface area is 106 Å². The van der Waals surface area contributed by atoms with Gasteiger partial charge in [0, 0.05) is 24.4 Å². The maximum atomic E-state index is 5.93. The van der Waals surface area contributed by atoms with Crippen LogP contribution in [0, 0.1) is 0 Å². The van der Waals surface area contributed by atoms with Gasteiger partial charge in [-0.1, -0.05) is 30.3 Å². The zero-order valence-electron chi connectivity index (χ0n) is 9.91. The van der Waals surface area contributed by atoms with E-state index < -0.39 is 0 Å². The molecule has 0 unspecified atom stereocenters. The highest BCUT2D eigenvalue weighted by Gasteiger charge is 2.03. The molecule has 2 heteroatoms. The van der Waals surface area contributed by atoms with E-state index in [-0.39, 0.29) is 0 Å². The molecule has 0 amide bonds. The second-order valence-corrected chi connectivity index (χ2v) is 4.14. The molecule has 0 N–H and O–H groups in total. The maximum Gasteiger partial charge on any atom is 0.134 e. The Morgan fingerprint density at radius 1 is 1.00 bits per heavy atom. The maximum absolute atomic E-state index is 5.93. The van der Waals surface area contributed by atoms with Crippen LogP contribution in [0.4, 0.5) is 0 Å². The van der Waals surface area contributed by atoms with Crippen molar-refractivity contribution in [3.63, 3.8) is 0 Å². The van der Waals surface area contributed by atoms with Gasteiger partial charge in [-0.25, -0.2) is 0 Å². The first-order chi connectivity index (χ1) is 8.92. The van der Waals surface area contributed by atoms with Gasteiger partial charge in [0.2, 0.25) is 0 Å². The number of rotatable bonds is 0. The molecule has 0 spiro atoms. The Bertz CT molecular complexity index is 614. The van der Waals surface area contributed by atoms with Crippen LogP contribution in [0.1, 0.15) is 11.1 Å². The van der Waals surface area contributed by atoms with Gasteiger partial charge in [-0.3, -0.25) is 4.99 Å². The Kier molecular flexibility index (Phi) is 2.92. The summed E-state index contributed by atoms with van der Waals surface area (Å²) < 4.78 is 5.93. The summed E-state index contributed by atoms with van der Waals surface area (Å²) in [4.78, 5) is 4.27. The fourth-order valence-electron chi connectivity index (χ4n) is 1.92. The van der Waals surface area contributed by atoms with E-state index in [4.69, 9.17) is 4.74 Å². The van der Waals surface area contributed by atoms with Crippen LogP contribution in [0.2, 0.25) is 0 Å². The van der Waals surface area contributed by atoms with Crippen molar-refractivity contribution in [1.29, 1.82) is 0 Å². The minimum atomic E-state index is 0.817. The summed E-state index contributed by atoms with van der Waals surface area (Å²) in [7, 11) is 0. The van der Waals surface area contributed by atoms with Crippen molar-refractivity contribution in [2.75, 3.05) is 0 Å². The zero-order chi connectivity index (χ0) is 12.2. The van der Waals surface area contributed by atoms with E-state index in [1.165, 1.54) is 5.56 Å². The average Bonchev–Trinajstić information content (AvgIpc) is 2.42. The summed E-state index contributed by atoms with van der Waals surface area (Å²) in [6, 6.07) is 16.1. The van der Waals surface area contributed by atoms with Crippen LogP contribution in [0.5, 0.6) is 11.5 Å². The van der Waals surface area contributed by atoms with Gasteiger partial charge in [0.25, 0.3) is 0 Å². The number of hydrogen-bond acceptors (Lipinski definition) is 2. The van der Waals surface area contributed by atoms with Crippen molar-refractivity contribution in [3.05, 3.63) is 65.9 Å². The molecule has 1 aliphatic heterocycles. The third kappa shape index (κ3) is 2.33. The van der Waals surface area contributed by atoms with E-state index in [0.717, 1.165) is 23.5 Å². The first-order valence-electron chi connectivity index (χ1n) is 5.96. The fourth-order valence-corrected chi connectivity index (χ4v) is 1.92. The lowest BCUT2D eigenvalue weighted by Crippen LogP contribution is -1.89. The zero-order valence-corrected chi connectivity index (χ0v) is 9.91. The van der Waals surface area contributed by atoms with Crippen molar-refractivity contribution < 1.29 is 4.74 Å². The third-order valence-electron chi connectivity index (χ3n) is 2.82. The quantitative estimate of drug-likeness (QED) is 0.674. The van der Waals surface area contributed by atoms with Crippen LogP contribution < -0.4 is 4.74 Å². The number of fused-ring (bicyclic) bond motifs is 3. The summed E-state index contributed by atoms with van der Waals surface area (Å²) in [5.41, 5.74) is 2.23. The molecular formula is C16H13NO. The molecule has 0 saturated carbocycles. The Hall–Kier alpha value is -2.35. The third-order valence-corrected chi connectivity index (χ3v) is 2.82. The summed E-state index contributed by atoms with van der Waals surface area (Å²) in [5.74, 6) is 1.71. The average molecular weight is 235 g/mol. The molecule has 88 valence electrons. The van der Waals surface area contributed by atoms with E-state index >= 15 is 0 Å². The van der Waals surface area contributed by atoms with Gasteiger partial charge in [0.1, 0.15) is 11.5 Å². The summed E-state index contributed by atoms with van der Waals surface area (Å²) >= 11 is 0. The van der Waals surface area contributed by atoms with Crippen molar-refractivity contribution in [2.45, 2.75) is 6.42 Å². The molecule has 2 aromatic rings. The highest BCUT2D eigenvalue weighted by Crippen LogP contribution is 2.27. The van der Waals surface area contributed by atoms with E-state index in [9.17, 15) is 0 Å². The molecule has 0 aliphatic carbocycles. The molecule has 0 saturated heterocycles. The lowest BCUT2D eigenvalue weighted by atomic mass is 10.1. The number of aliphatic imine (C=N–C) groups is 1. The van der Waals surface area contributed by atoms with Crippen LogP contribution in [0.3, 0.4) is 0 Å². The molecule has 0 radical (unpaired) electrons. The molecule has 0 fully saturated rings. The lowest BCUT2D eigenvalue weighted by Gasteiger charge is -2.09. The lowest BCUT2D eigenvalue weighted by molar-refractivity contribution is 0.481. The van der Waals surface area contributed by atoms with Crippen LogP contribution >= 0.6 is 0 Å². The predicted molar refractivity (Wildman–Crippen MR) is 74.2 cm³/mol. The van der Waals surface area contributed by atoms with Crippen LogP contribution in [-0.4, -0.2) is 6.21 Å². The van der Waals surface area contributed by atoms with Gasteiger partial charge in [0.05, 0.1) is 0 Å². The van der Waals surface area contributed by atoms with Crippen molar-refractivity contribution in [3.8, 4) is 11.5 Å². The van der Waals surface area contributed by atoms with E-state index in [1.807, 2.05) is 54.8 Å². The van der Waals surface area contributed by atoms with Crippen LogP contribution in [0.25, 0.3) is 6.08 Å². The molecule has 0 aromatic heterocycles. The number of hydrogen-bond donors (Lipinski definition) is 0. The highest BCUT2D eigenvalue weighted by atomic mass is 16.5. The van der Waals surface area contributed by atoms with Crippen LogP contribution in [-0.2, 0) is 6.42 Å². The standard InChI is InChI=1S/C16H13NO/c1-2-7-16-14(5-1)9-11-17-10-8-13-4-3-6-15(12-13)18-16/h1-7,9-12H,8H2. The SMILES string of the molecule is C1=Cc2ccccc2Oc2cccc(c2)CC=N1. The topological polar surface area (TPSA) is 21.6 Å². The van der Waals surface area contributed by atoms with Gasteiger partial charge in [-0.05, 0) is 29.8 Å². The van der Waals surface area contributed by atoms with Gasteiger partial charge < -0.3 is 4.74 Å². The Balaban J connectivity index is 2.09. The molecule has 2 bridgehead atoms. The van der Waals surface area contributed by atoms with Gasteiger partial charge in [-0.15, -0.1) is 0 Å². The first kappa shape index (κ1) is 10.8. The van der Waals surface area contributed by atoms with E-state index in [2.05, 4.69) is 11.1 Å². The number of benzene rings is 2. The first-order valence-corrected chi connectivity index (χ1v) is 5.96. The Morgan fingerprint density at radius 3 is 2.94 bits per heavy atom. The number of ether oxygens (including phenoxy) is 1. The monoisotopic (exact) mass is 235 g/mol. The molecule has 2 aromatic carbocycles. The molecule has 0 atom stereocenters. The predicted octanol–water partition coefficient (Wildman–Crippen LogP) is 4.08. The second-order valence-electron chi connectivity index (χ2n) is 4.14. The minimum Gasteiger partial charge on any atom is -0.457 e. The Morgan fingerprint density at radius 2 is 1.94 bits per heavy atom. The van der Waals surface area contributed by atoms with Crippen molar-refractivity contribution >= 4 is 12.3 Å². The minimum absolute atomic E-state index is 0.817. The molecule has 1 heterocycles. The number of para-hydroxylation sites is 1. The van der Waals surface area contributed by atoms with Gasteiger partial charge in [-0.2, -0.15) is 0 Å². The summed E-state index contributed by atoms with van der Waals surface area (Å²) in [6.45, 7) is 0. The largest absolute Gasteiger partial charge is 0.457 e. The molecular weight excluding hydrogens is 222 g/mol. The van der Waals surface area contributed by atoms with E-state index in [0.29, 0.717) is 0 Å².